The summed E-state index contributed by atoms with van der Waals surface area (Å²) in [5.74, 6) is 0.258. The Morgan fingerprint density at radius 1 is 0.972 bits per heavy atom. The van der Waals surface area contributed by atoms with E-state index in [1.54, 1.807) is 42.5 Å². The normalized spacial score (nSPS) is 18.2. The number of rotatable bonds is 7. The molecule has 0 aliphatic carbocycles. The van der Waals surface area contributed by atoms with Crippen LogP contribution in [0.1, 0.15) is 36.6 Å². The number of amides is 1. The summed E-state index contributed by atoms with van der Waals surface area (Å²) < 4.78 is 16.9. The van der Waals surface area contributed by atoms with E-state index in [9.17, 15) is 14.7 Å². The second-order valence-electron chi connectivity index (χ2n) is 8.53. The first-order valence-electron chi connectivity index (χ1n) is 12.0. The second kappa shape index (κ2) is 9.77. The van der Waals surface area contributed by atoms with Gasteiger partial charge in [0.15, 0.2) is 0 Å². The predicted octanol–water partition coefficient (Wildman–Crippen LogP) is 5.05. The number of carbonyl (C=O) groups is 2. The number of nitrogens with zero attached hydrogens (tertiary/aromatic N) is 1. The van der Waals surface area contributed by atoms with Crippen LogP contribution in [0.15, 0.2) is 72.3 Å². The Hall–Kier alpha value is -4.26. The molecule has 0 radical (unpaired) electrons. The first-order chi connectivity index (χ1) is 17.5. The number of ketones is 1. The first kappa shape index (κ1) is 23.5. The minimum absolute atomic E-state index is 0.0225. The maximum atomic E-state index is 13.4. The fourth-order valence-electron chi connectivity index (χ4n) is 4.73. The van der Waals surface area contributed by atoms with E-state index in [4.69, 9.17) is 14.2 Å². The van der Waals surface area contributed by atoms with Crippen molar-refractivity contribution < 1.29 is 28.9 Å². The van der Waals surface area contributed by atoms with Crippen LogP contribution in [0.4, 0.5) is 5.69 Å². The topological polar surface area (TPSA) is 85.3 Å². The van der Waals surface area contributed by atoms with Crippen LogP contribution < -0.4 is 19.1 Å². The summed E-state index contributed by atoms with van der Waals surface area (Å²) in [7, 11) is 0. The van der Waals surface area contributed by atoms with Crippen LogP contribution in [0.5, 0.6) is 17.2 Å². The molecular weight excluding hydrogens is 458 g/mol. The minimum atomic E-state index is -0.855. The van der Waals surface area contributed by atoms with Gasteiger partial charge in [0.05, 0.1) is 31.4 Å². The number of hydrogen-bond donors (Lipinski definition) is 1. The van der Waals surface area contributed by atoms with Gasteiger partial charge in [-0.15, -0.1) is 0 Å². The van der Waals surface area contributed by atoms with E-state index in [1.807, 2.05) is 38.1 Å². The molecule has 184 valence electrons. The quantitative estimate of drug-likeness (QED) is 0.287. The third kappa shape index (κ3) is 4.17. The molecule has 0 saturated carbocycles. The number of carbonyl (C=O) groups excluding carboxylic acids is 2. The molecule has 0 bridgehead atoms. The van der Waals surface area contributed by atoms with Crippen LogP contribution in [0.2, 0.25) is 0 Å². The Bertz CT molecular complexity index is 1360. The summed E-state index contributed by atoms with van der Waals surface area (Å²) in [6, 6.07) is 18.7. The van der Waals surface area contributed by atoms with E-state index >= 15 is 0 Å². The van der Waals surface area contributed by atoms with Crippen LogP contribution >= 0.6 is 0 Å². The van der Waals surface area contributed by atoms with Gasteiger partial charge >= 0.3 is 0 Å². The lowest BCUT2D eigenvalue weighted by Gasteiger charge is -2.26. The monoisotopic (exact) mass is 485 g/mol. The molecule has 1 amide bonds. The molecule has 0 spiro atoms. The highest BCUT2D eigenvalue weighted by Crippen LogP contribution is 2.44. The van der Waals surface area contributed by atoms with E-state index < -0.39 is 17.7 Å². The van der Waals surface area contributed by atoms with Gasteiger partial charge in [-0.05, 0) is 67.4 Å². The van der Waals surface area contributed by atoms with Gasteiger partial charge in [0.25, 0.3) is 11.7 Å². The van der Waals surface area contributed by atoms with Crippen LogP contribution in [-0.4, -0.2) is 36.6 Å². The largest absolute Gasteiger partial charge is 0.507 e. The van der Waals surface area contributed by atoms with Gasteiger partial charge in [-0.3, -0.25) is 14.5 Å². The Morgan fingerprint density at radius 3 is 2.44 bits per heavy atom. The van der Waals surface area contributed by atoms with Crippen molar-refractivity contribution in [2.24, 2.45) is 0 Å². The van der Waals surface area contributed by atoms with Crippen LogP contribution in [0.3, 0.4) is 0 Å². The number of ether oxygens (including phenoxy) is 3. The van der Waals surface area contributed by atoms with Crippen molar-refractivity contribution >= 4 is 23.1 Å². The zero-order valence-corrected chi connectivity index (χ0v) is 20.2. The predicted molar refractivity (Wildman–Crippen MR) is 136 cm³/mol. The van der Waals surface area contributed by atoms with Gasteiger partial charge in [-0.2, -0.15) is 0 Å². The number of benzene rings is 3. The molecule has 2 aliphatic heterocycles. The number of aliphatic hydroxyl groups excluding tert-OH is 1. The SMILES string of the molecule is CCOc1cccc(C2/C(=C(/O)c3ccc4c(c3)CCO4)C(=O)C(=O)N2c2cccc(OCC)c2)c1. The maximum absolute atomic E-state index is 13.4. The summed E-state index contributed by atoms with van der Waals surface area (Å²) in [4.78, 5) is 28.3. The molecule has 1 unspecified atom stereocenters. The third-order valence-corrected chi connectivity index (χ3v) is 6.30. The average molecular weight is 486 g/mol. The van der Waals surface area contributed by atoms with Crippen molar-refractivity contribution in [3.05, 3.63) is 89.0 Å². The van der Waals surface area contributed by atoms with E-state index in [1.165, 1.54) is 4.90 Å². The fraction of sp³-hybridized carbons (Fsp3) is 0.241. The molecule has 7 nitrogen and oxygen atoms in total. The van der Waals surface area contributed by atoms with E-state index in [0.717, 1.165) is 17.7 Å². The molecule has 1 N–H and O–H groups in total. The summed E-state index contributed by atoms with van der Waals surface area (Å²) >= 11 is 0. The van der Waals surface area contributed by atoms with Crippen molar-refractivity contribution in [3.63, 3.8) is 0 Å². The standard InChI is InChI=1S/C29H27NO6/c1-3-34-22-9-5-7-19(16-22)26-25(27(31)20-11-12-24-18(15-20)13-14-36-24)28(32)29(33)30(26)21-8-6-10-23(17-21)35-4-2/h5-12,15-17,26,31H,3-4,13-14H2,1-2H3/b27-25-. The molecule has 0 aromatic heterocycles. The summed E-state index contributed by atoms with van der Waals surface area (Å²) in [6.45, 7) is 5.26. The molecule has 36 heavy (non-hydrogen) atoms. The van der Waals surface area contributed by atoms with Gasteiger partial charge in [0.2, 0.25) is 0 Å². The van der Waals surface area contributed by atoms with Gasteiger partial charge in [0, 0.05) is 23.7 Å². The second-order valence-corrected chi connectivity index (χ2v) is 8.53. The highest BCUT2D eigenvalue weighted by Gasteiger charge is 2.47. The van der Waals surface area contributed by atoms with Crippen LogP contribution in [-0.2, 0) is 16.0 Å². The van der Waals surface area contributed by atoms with Gasteiger partial charge in [-0.1, -0.05) is 18.2 Å². The molecule has 1 saturated heterocycles. The van der Waals surface area contributed by atoms with Crippen molar-refractivity contribution in [3.8, 4) is 17.2 Å². The number of hydrogen-bond acceptors (Lipinski definition) is 6. The summed E-state index contributed by atoms with van der Waals surface area (Å²) in [5.41, 5.74) is 2.58. The van der Waals surface area contributed by atoms with Gasteiger partial charge in [0.1, 0.15) is 23.0 Å². The smallest absolute Gasteiger partial charge is 0.300 e. The summed E-state index contributed by atoms with van der Waals surface area (Å²) in [5, 5.41) is 11.4. The lowest BCUT2D eigenvalue weighted by molar-refractivity contribution is -0.132. The van der Waals surface area contributed by atoms with Gasteiger partial charge < -0.3 is 19.3 Å². The molecule has 1 atom stereocenters. The Kier molecular flexibility index (Phi) is 6.38. The zero-order chi connectivity index (χ0) is 25.2. The zero-order valence-electron chi connectivity index (χ0n) is 20.2. The lowest BCUT2D eigenvalue weighted by Crippen LogP contribution is -2.29. The van der Waals surface area contributed by atoms with Crippen molar-refractivity contribution in [1.82, 2.24) is 0 Å². The van der Waals surface area contributed by atoms with Crippen LogP contribution in [0, 0.1) is 0 Å². The molecule has 7 heteroatoms. The van der Waals surface area contributed by atoms with E-state index in [2.05, 4.69) is 0 Å². The Balaban J connectivity index is 1.69. The number of fused-ring (bicyclic) bond motifs is 1. The summed E-state index contributed by atoms with van der Waals surface area (Å²) in [6.07, 6.45) is 0.717. The van der Waals surface area contributed by atoms with Crippen molar-refractivity contribution in [2.75, 3.05) is 24.7 Å². The van der Waals surface area contributed by atoms with Crippen LogP contribution in [0.25, 0.3) is 5.76 Å². The number of anilines is 1. The fourth-order valence-corrected chi connectivity index (χ4v) is 4.73. The Morgan fingerprint density at radius 2 is 1.69 bits per heavy atom. The molecule has 3 aromatic rings. The molecule has 2 heterocycles. The molecule has 3 aromatic carbocycles. The number of Topliss-reactive ketones (excluding diaryl/α,β-unsaturated/α-hetero) is 1. The molecule has 2 aliphatic rings. The lowest BCUT2D eigenvalue weighted by atomic mass is 9.94. The van der Waals surface area contributed by atoms with E-state index in [0.29, 0.717) is 48.1 Å². The van der Waals surface area contributed by atoms with Crippen molar-refractivity contribution in [2.45, 2.75) is 26.3 Å². The Labute approximate surface area is 209 Å². The van der Waals surface area contributed by atoms with Gasteiger partial charge in [-0.25, -0.2) is 0 Å². The van der Waals surface area contributed by atoms with Crippen molar-refractivity contribution in [1.29, 1.82) is 0 Å². The van der Waals surface area contributed by atoms with E-state index in [-0.39, 0.29) is 11.3 Å². The molecule has 5 rings (SSSR count). The molecular formula is C29H27NO6. The molecule has 1 fully saturated rings. The highest BCUT2D eigenvalue weighted by molar-refractivity contribution is 6.51. The third-order valence-electron chi connectivity index (χ3n) is 6.30. The average Bonchev–Trinajstić information content (AvgIpc) is 3.46. The maximum Gasteiger partial charge on any atom is 0.300 e. The number of aliphatic hydroxyl groups is 1. The highest BCUT2D eigenvalue weighted by atomic mass is 16.5. The first-order valence-corrected chi connectivity index (χ1v) is 12.0. The minimum Gasteiger partial charge on any atom is -0.507 e.